The molecule has 2 atom stereocenters. The minimum absolute atomic E-state index is 0.0321. The highest BCUT2D eigenvalue weighted by atomic mass is 35.5. The van der Waals surface area contributed by atoms with Gasteiger partial charge in [0.1, 0.15) is 5.75 Å². The van der Waals surface area contributed by atoms with Crippen LogP contribution in [0.25, 0.3) is 0 Å². The number of carbonyl (C=O) groups is 2. The molecule has 29 heavy (non-hydrogen) atoms. The number of likely N-dealkylation sites (N-methyl/N-ethyl adjacent to an activating group) is 1. The van der Waals surface area contributed by atoms with Crippen LogP contribution in [0, 0.1) is 11.8 Å². The summed E-state index contributed by atoms with van der Waals surface area (Å²) >= 11 is 6.15. The molecule has 1 aliphatic rings. The normalized spacial score (nSPS) is 19.5. The van der Waals surface area contributed by atoms with Crippen LogP contribution in [0.15, 0.2) is 18.2 Å². The molecule has 0 aliphatic heterocycles. The Bertz CT molecular complexity index is 723. The third-order valence-corrected chi connectivity index (χ3v) is 5.49. The zero-order valence-corrected chi connectivity index (χ0v) is 17.3. The second-order valence-electron chi connectivity index (χ2n) is 7.03. The van der Waals surface area contributed by atoms with E-state index in [1.54, 1.807) is 4.90 Å². The molecule has 0 radical (unpaired) electrons. The Labute approximate surface area is 173 Å². The molecule has 1 saturated carbocycles. The van der Waals surface area contributed by atoms with Crippen molar-refractivity contribution in [3.05, 3.63) is 23.2 Å². The number of anilines is 1. The standard InChI is InChI=1S/C20H26ClF3N2O3/c1-3-26(4-2)18(27)12-29-17-10-9-13(11-16(17)21)25-19(28)14-7-5-6-8-15(14)20(22,23)24/h9-11,14-15H,3-8,12H2,1-2H3,(H,25,28). The second kappa shape index (κ2) is 10.2. The fourth-order valence-corrected chi connectivity index (χ4v) is 3.81. The van der Waals surface area contributed by atoms with Gasteiger partial charge in [0.05, 0.1) is 10.9 Å². The Morgan fingerprint density at radius 1 is 1.21 bits per heavy atom. The molecule has 1 N–H and O–H groups in total. The number of amides is 2. The van der Waals surface area contributed by atoms with E-state index < -0.39 is 23.9 Å². The Morgan fingerprint density at radius 2 is 1.86 bits per heavy atom. The lowest BCUT2D eigenvalue weighted by atomic mass is 9.78. The second-order valence-corrected chi connectivity index (χ2v) is 7.44. The summed E-state index contributed by atoms with van der Waals surface area (Å²) in [5.41, 5.74) is 0.286. The molecule has 162 valence electrons. The van der Waals surface area contributed by atoms with Crippen LogP contribution in [-0.4, -0.2) is 42.6 Å². The summed E-state index contributed by atoms with van der Waals surface area (Å²) in [6, 6.07) is 4.38. The smallest absolute Gasteiger partial charge is 0.392 e. The summed E-state index contributed by atoms with van der Waals surface area (Å²) in [4.78, 5) is 26.1. The van der Waals surface area contributed by atoms with Gasteiger partial charge in [-0.15, -0.1) is 0 Å². The van der Waals surface area contributed by atoms with Crippen molar-refractivity contribution in [1.29, 1.82) is 0 Å². The van der Waals surface area contributed by atoms with Gasteiger partial charge in [0.25, 0.3) is 5.91 Å². The fourth-order valence-electron chi connectivity index (χ4n) is 3.57. The fraction of sp³-hybridized carbons (Fsp3) is 0.600. The number of hydrogen-bond acceptors (Lipinski definition) is 3. The van der Waals surface area contributed by atoms with Crippen molar-refractivity contribution in [2.75, 3.05) is 25.0 Å². The van der Waals surface area contributed by atoms with Crippen LogP contribution in [0.5, 0.6) is 5.75 Å². The largest absolute Gasteiger partial charge is 0.482 e. The maximum atomic E-state index is 13.2. The highest BCUT2D eigenvalue weighted by Crippen LogP contribution is 2.42. The van der Waals surface area contributed by atoms with Gasteiger partial charge in [0.2, 0.25) is 5.91 Å². The van der Waals surface area contributed by atoms with Crippen LogP contribution >= 0.6 is 11.6 Å². The van der Waals surface area contributed by atoms with Gasteiger partial charge < -0.3 is 15.0 Å². The quantitative estimate of drug-likeness (QED) is 0.664. The number of ether oxygens (including phenoxy) is 1. The molecule has 0 heterocycles. The first-order valence-corrected chi connectivity index (χ1v) is 10.1. The Balaban J connectivity index is 2.01. The minimum Gasteiger partial charge on any atom is -0.482 e. The number of alkyl halides is 3. The number of halogens is 4. The predicted molar refractivity (Wildman–Crippen MR) is 105 cm³/mol. The summed E-state index contributed by atoms with van der Waals surface area (Å²) < 4.78 is 45.1. The zero-order chi connectivity index (χ0) is 21.6. The maximum Gasteiger partial charge on any atom is 0.392 e. The molecule has 2 rings (SSSR count). The molecular formula is C20H26ClF3N2O3. The molecule has 1 fully saturated rings. The molecule has 0 saturated heterocycles. The number of carbonyl (C=O) groups excluding carboxylic acids is 2. The highest BCUT2D eigenvalue weighted by molar-refractivity contribution is 6.32. The maximum absolute atomic E-state index is 13.2. The van der Waals surface area contributed by atoms with E-state index in [4.69, 9.17) is 16.3 Å². The Morgan fingerprint density at radius 3 is 2.45 bits per heavy atom. The van der Waals surface area contributed by atoms with E-state index in [0.717, 1.165) is 0 Å². The van der Waals surface area contributed by atoms with Crippen molar-refractivity contribution >= 4 is 29.1 Å². The van der Waals surface area contributed by atoms with Crippen molar-refractivity contribution in [2.24, 2.45) is 11.8 Å². The van der Waals surface area contributed by atoms with E-state index in [1.165, 1.54) is 18.2 Å². The average Bonchev–Trinajstić information content (AvgIpc) is 2.67. The highest BCUT2D eigenvalue weighted by Gasteiger charge is 2.48. The summed E-state index contributed by atoms with van der Waals surface area (Å²) in [6.45, 7) is 4.68. The molecule has 2 amide bonds. The number of nitrogens with one attached hydrogen (secondary N) is 1. The molecule has 0 bridgehead atoms. The van der Waals surface area contributed by atoms with Gasteiger partial charge in [-0.05, 0) is 44.9 Å². The van der Waals surface area contributed by atoms with Gasteiger partial charge in [0.15, 0.2) is 6.61 Å². The lowest BCUT2D eigenvalue weighted by molar-refractivity contribution is -0.197. The van der Waals surface area contributed by atoms with Crippen LogP contribution < -0.4 is 10.1 Å². The van der Waals surface area contributed by atoms with Crippen molar-refractivity contribution in [1.82, 2.24) is 4.90 Å². The van der Waals surface area contributed by atoms with Crippen LogP contribution in [0.3, 0.4) is 0 Å². The van der Waals surface area contributed by atoms with Gasteiger partial charge >= 0.3 is 6.18 Å². The van der Waals surface area contributed by atoms with Crippen LogP contribution in [0.4, 0.5) is 18.9 Å². The van der Waals surface area contributed by atoms with E-state index in [-0.39, 0.29) is 41.8 Å². The summed E-state index contributed by atoms with van der Waals surface area (Å²) in [6.07, 6.45) is -3.15. The van der Waals surface area contributed by atoms with Crippen LogP contribution in [0.1, 0.15) is 39.5 Å². The van der Waals surface area contributed by atoms with Crippen molar-refractivity contribution in [2.45, 2.75) is 45.7 Å². The topological polar surface area (TPSA) is 58.6 Å². The SMILES string of the molecule is CCN(CC)C(=O)COc1ccc(NC(=O)C2CCCCC2C(F)(F)F)cc1Cl. The summed E-state index contributed by atoms with van der Waals surface area (Å²) in [5, 5.41) is 2.69. The first-order chi connectivity index (χ1) is 13.7. The van der Waals surface area contributed by atoms with E-state index in [9.17, 15) is 22.8 Å². The minimum atomic E-state index is -4.39. The van der Waals surface area contributed by atoms with Crippen molar-refractivity contribution < 1.29 is 27.5 Å². The van der Waals surface area contributed by atoms with Gasteiger partial charge in [-0.25, -0.2) is 0 Å². The van der Waals surface area contributed by atoms with Gasteiger partial charge in [-0.2, -0.15) is 13.2 Å². The Kier molecular flexibility index (Phi) is 8.19. The lowest BCUT2D eigenvalue weighted by Gasteiger charge is -2.32. The van der Waals surface area contributed by atoms with Gasteiger partial charge in [0, 0.05) is 24.7 Å². The summed E-state index contributed by atoms with van der Waals surface area (Å²) in [7, 11) is 0. The van der Waals surface area contributed by atoms with Crippen LogP contribution in [0.2, 0.25) is 5.02 Å². The van der Waals surface area contributed by atoms with Gasteiger partial charge in [-0.3, -0.25) is 9.59 Å². The van der Waals surface area contributed by atoms with Gasteiger partial charge in [-0.1, -0.05) is 24.4 Å². The first kappa shape index (κ1) is 23.3. The van der Waals surface area contributed by atoms with E-state index in [0.29, 0.717) is 25.9 Å². The molecule has 1 aromatic rings. The number of benzene rings is 1. The molecule has 0 aromatic heterocycles. The first-order valence-electron chi connectivity index (χ1n) is 9.75. The molecule has 5 nitrogen and oxygen atoms in total. The van der Waals surface area contributed by atoms with Crippen molar-refractivity contribution in [3.63, 3.8) is 0 Å². The van der Waals surface area contributed by atoms with E-state index in [2.05, 4.69) is 5.32 Å². The third-order valence-electron chi connectivity index (χ3n) is 5.19. The predicted octanol–water partition coefficient (Wildman–Crippen LogP) is 4.89. The number of nitrogens with zero attached hydrogens (tertiary/aromatic N) is 1. The molecular weight excluding hydrogens is 409 g/mol. The van der Waals surface area contributed by atoms with E-state index in [1.807, 2.05) is 13.8 Å². The molecule has 9 heteroatoms. The molecule has 1 aliphatic carbocycles. The number of hydrogen-bond donors (Lipinski definition) is 1. The average molecular weight is 435 g/mol. The lowest BCUT2D eigenvalue weighted by Crippen LogP contribution is -2.39. The molecule has 1 aromatic carbocycles. The monoisotopic (exact) mass is 434 g/mol. The zero-order valence-electron chi connectivity index (χ0n) is 16.5. The van der Waals surface area contributed by atoms with Crippen LogP contribution in [-0.2, 0) is 9.59 Å². The Hall–Kier alpha value is -1.96. The number of rotatable bonds is 7. The molecule has 2 unspecified atom stereocenters. The molecule has 0 spiro atoms. The van der Waals surface area contributed by atoms with Crippen molar-refractivity contribution in [3.8, 4) is 5.75 Å². The third kappa shape index (κ3) is 6.26. The summed E-state index contributed by atoms with van der Waals surface area (Å²) in [5.74, 6) is -3.31. The van der Waals surface area contributed by atoms with E-state index >= 15 is 0 Å².